The van der Waals surface area contributed by atoms with Crippen molar-refractivity contribution in [3.8, 4) is 0 Å². The third-order valence-corrected chi connectivity index (χ3v) is 4.68. The van der Waals surface area contributed by atoms with Crippen molar-refractivity contribution in [1.29, 1.82) is 0 Å². The fourth-order valence-electron chi connectivity index (χ4n) is 2.45. The number of aromatic amines is 1. The van der Waals surface area contributed by atoms with Gasteiger partial charge < -0.3 is 4.74 Å². The summed E-state index contributed by atoms with van der Waals surface area (Å²) in [6, 6.07) is 3.00. The van der Waals surface area contributed by atoms with Crippen LogP contribution in [0.5, 0.6) is 0 Å². The number of rotatable bonds is 6. The lowest BCUT2D eigenvalue weighted by Crippen LogP contribution is -2.25. The molecule has 0 radical (unpaired) electrons. The smallest absolute Gasteiger partial charge is 0.344 e. The second-order valence-electron chi connectivity index (χ2n) is 5.40. The monoisotopic (exact) mass is 355 g/mol. The van der Waals surface area contributed by atoms with Crippen molar-refractivity contribution in [3.63, 3.8) is 0 Å². The van der Waals surface area contributed by atoms with E-state index in [1.54, 1.807) is 0 Å². The van der Waals surface area contributed by atoms with Gasteiger partial charge in [-0.3, -0.25) is 9.36 Å². The van der Waals surface area contributed by atoms with Crippen LogP contribution in [0.15, 0.2) is 28.2 Å². The van der Waals surface area contributed by atoms with Crippen LogP contribution in [0.4, 0.5) is 8.78 Å². The van der Waals surface area contributed by atoms with Crippen LogP contribution in [0.2, 0.25) is 0 Å². The second kappa shape index (κ2) is 7.27. The van der Waals surface area contributed by atoms with Crippen LogP contribution in [0, 0.1) is 11.6 Å². The van der Waals surface area contributed by atoms with E-state index >= 15 is 0 Å². The molecule has 0 spiro atoms. The zero-order valence-electron chi connectivity index (χ0n) is 12.6. The van der Waals surface area contributed by atoms with Crippen molar-refractivity contribution in [2.45, 2.75) is 30.6 Å². The Balaban J connectivity index is 1.66. The molecule has 3 rings (SSSR count). The number of halogens is 2. The molecule has 9 heteroatoms. The number of benzene rings is 1. The fourth-order valence-corrected chi connectivity index (χ4v) is 3.30. The Morgan fingerprint density at radius 2 is 2.25 bits per heavy atom. The summed E-state index contributed by atoms with van der Waals surface area (Å²) >= 11 is 1.06. The van der Waals surface area contributed by atoms with Gasteiger partial charge in [-0.15, -0.1) is 5.10 Å². The molecule has 0 amide bonds. The summed E-state index contributed by atoms with van der Waals surface area (Å²) in [4.78, 5) is 23.9. The predicted molar refractivity (Wildman–Crippen MR) is 83.2 cm³/mol. The highest BCUT2D eigenvalue weighted by atomic mass is 32.2. The normalized spacial score (nSPS) is 17.3. The minimum Gasteiger partial charge on any atom is -0.376 e. The number of nitrogens with one attached hydrogen (secondary N) is 1. The maximum atomic E-state index is 13.2. The molecule has 1 atom stereocenters. The van der Waals surface area contributed by atoms with Gasteiger partial charge in [-0.1, -0.05) is 11.8 Å². The molecular weight excluding hydrogens is 340 g/mol. The molecule has 1 aromatic heterocycles. The zero-order chi connectivity index (χ0) is 17.1. The number of carbonyl (C=O) groups is 1. The summed E-state index contributed by atoms with van der Waals surface area (Å²) < 4.78 is 33.0. The molecule has 1 saturated heterocycles. The Morgan fingerprint density at radius 3 is 2.96 bits per heavy atom. The molecule has 6 nitrogen and oxygen atoms in total. The van der Waals surface area contributed by atoms with E-state index in [2.05, 4.69) is 10.2 Å². The van der Waals surface area contributed by atoms with Gasteiger partial charge in [0, 0.05) is 12.2 Å². The lowest BCUT2D eigenvalue weighted by molar-refractivity contribution is 0.0941. The van der Waals surface area contributed by atoms with Crippen LogP contribution < -0.4 is 5.69 Å². The number of ether oxygens (including phenoxy) is 1. The van der Waals surface area contributed by atoms with Gasteiger partial charge in [-0.2, -0.15) is 0 Å². The van der Waals surface area contributed by atoms with Crippen LogP contribution in [-0.2, 0) is 11.3 Å². The Labute approximate surface area is 140 Å². The van der Waals surface area contributed by atoms with E-state index in [1.165, 1.54) is 10.6 Å². The number of carbonyl (C=O) groups excluding carboxylic acids is 1. The standard InChI is InChI=1S/C15H15F2N3O3S/c16-11-4-3-9(6-12(11)17)13(21)8-24-15-19-18-14(22)20(15)7-10-2-1-5-23-10/h3-4,6,10H,1-2,5,7-8H2,(H,18,22)/t10-/m0/s1. The first-order valence-corrected chi connectivity index (χ1v) is 8.41. The van der Waals surface area contributed by atoms with Crippen LogP contribution in [-0.4, -0.2) is 39.0 Å². The molecule has 1 aromatic carbocycles. The van der Waals surface area contributed by atoms with Crippen LogP contribution in [0.1, 0.15) is 23.2 Å². The highest BCUT2D eigenvalue weighted by Gasteiger charge is 2.20. The Bertz CT molecular complexity index is 800. The maximum absolute atomic E-state index is 13.2. The Kier molecular flexibility index (Phi) is 5.10. The van der Waals surface area contributed by atoms with E-state index in [9.17, 15) is 18.4 Å². The van der Waals surface area contributed by atoms with E-state index in [0.29, 0.717) is 18.3 Å². The third kappa shape index (κ3) is 3.73. The number of H-pyrrole nitrogens is 1. The molecule has 1 fully saturated rings. The highest BCUT2D eigenvalue weighted by molar-refractivity contribution is 7.99. The maximum Gasteiger partial charge on any atom is 0.344 e. The number of hydrogen-bond acceptors (Lipinski definition) is 5. The summed E-state index contributed by atoms with van der Waals surface area (Å²) in [5.74, 6) is -2.49. The van der Waals surface area contributed by atoms with E-state index in [-0.39, 0.29) is 28.9 Å². The molecule has 24 heavy (non-hydrogen) atoms. The summed E-state index contributed by atoms with van der Waals surface area (Å²) in [5, 5.41) is 6.62. The summed E-state index contributed by atoms with van der Waals surface area (Å²) in [5.41, 5.74) is -0.293. The Hall–Kier alpha value is -2.00. The van der Waals surface area contributed by atoms with Gasteiger partial charge in [0.1, 0.15) is 0 Å². The molecular formula is C15H15F2N3O3S. The molecule has 0 saturated carbocycles. The van der Waals surface area contributed by atoms with Gasteiger partial charge in [0.05, 0.1) is 18.4 Å². The van der Waals surface area contributed by atoms with Crippen molar-refractivity contribution in [1.82, 2.24) is 14.8 Å². The average Bonchev–Trinajstić information content (AvgIpc) is 3.19. The topological polar surface area (TPSA) is 77.0 Å². The summed E-state index contributed by atoms with van der Waals surface area (Å²) in [7, 11) is 0. The van der Waals surface area contributed by atoms with Crippen molar-refractivity contribution in [2.24, 2.45) is 0 Å². The number of aromatic nitrogens is 3. The van der Waals surface area contributed by atoms with Crippen molar-refractivity contribution >= 4 is 17.5 Å². The SMILES string of the molecule is O=C(CSc1n[nH]c(=O)n1C[C@@H]1CCCO1)c1ccc(F)c(F)c1. The lowest BCUT2D eigenvalue weighted by atomic mass is 10.1. The molecule has 0 bridgehead atoms. The van der Waals surface area contributed by atoms with Gasteiger partial charge in [-0.05, 0) is 31.0 Å². The van der Waals surface area contributed by atoms with Crippen molar-refractivity contribution in [3.05, 3.63) is 45.9 Å². The largest absolute Gasteiger partial charge is 0.376 e. The molecule has 1 aliphatic heterocycles. The number of thioether (sulfide) groups is 1. The first kappa shape index (κ1) is 16.8. The van der Waals surface area contributed by atoms with E-state index in [4.69, 9.17) is 4.74 Å². The fraction of sp³-hybridized carbons (Fsp3) is 0.400. The quantitative estimate of drug-likeness (QED) is 0.634. The lowest BCUT2D eigenvalue weighted by Gasteiger charge is -2.10. The van der Waals surface area contributed by atoms with E-state index in [0.717, 1.165) is 36.7 Å². The highest BCUT2D eigenvalue weighted by Crippen LogP contribution is 2.19. The van der Waals surface area contributed by atoms with Crippen LogP contribution >= 0.6 is 11.8 Å². The van der Waals surface area contributed by atoms with Gasteiger partial charge >= 0.3 is 5.69 Å². The minimum absolute atomic E-state index is 0.0402. The van der Waals surface area contributed by atoms with Gasteiger partial charge in [0.25, 0.3) is 0 Å². The first-order valence-electron chi connectivity index (χ1n) is 7.42. The van der Waals surface area contributed by atoms with Crippen molar-refractivity contribution in [2.75, 3.05) is 12.4 Å². The molecule has 0 unspecified atom stereocenters. The van der Waals surface area contributed by atoms with Gasteiger partial charge in [0.15, 0.2) is 22.6 Å². The number of nitrogens with zero attached hydrogens (tertiary/aromatic N) is 2. The number of hydrogen-bond donors (Lipinski definition) is 1. The van der Waals surface area contributed by atoms with Gasteiger partial charge in [0.2, 0.25) is 0 Å². The molecule has 128 valence electrons. The van der Waals surface area contributed by atoms with Crippen LogP contribution in [0.3, 0.4) is 0 Å². The van der Waals surface area contributed by atoms with E-state index < -0.39 is 11.6 Å². The number of Topliss-reactive ketones (excluding diaryl/α,β-unsaturated/α-hetero) is 1. The molecule has 2 aromatic rings. The number of ketones is 1. The molecule has 0 aliphatic carbocycles. The van der Waals surface area contributed by atoms with Crippen LogP contribution in [0.25, 0.3) is 0 Å². The predicted octanol–water partition coefficient (Wildman–Crippen LogP) is 2.00. The molecule has 2 heterocycles. The zero-order valence-corrected chi connectivity index (χ0v) is 13.4. The van der Waals surface area contributed by atoms with Gasteiger partial charge in [-0.25, -0.2) is 18.7 Å². The first-order chi connectivity index (χ1) is 11.5. The summed E-state index contributed by atoms with van der Waals surface area (Å²) in [6.07, 6.45) is 1.78. The average molecular weight is 355 g/mol. The molecule has 1 aliphatic rings. The third-order valence-electron chi connectivity index (χ3n) is 3.71. The van der Waals surface area contributed by atoms with Crippen molar-refractivity contribution < 1.29 is 18.3 Å². The van der Waals surface area contributed by atoms with E-state index in [1.807, 2.05) is 0 Å². The Morgan fingerprint density at radius 1 is 1.42 bits per heavy atom. The summed E-state index contributed by atoms with van der Waals surface area (Å²) in [6.45, 7) is 1.05. The molecule has 1 N–H and O–H groups in total. The second-order valence-corrected chi connectivity index (χ2v) is 6.34. The minimum atomic E-state index is -1.07.